The minimum atomic E-state index is -0.933. The van der Waals surface area contributed by atoms with Gasteiger partial charge in [-0.05, 0) is 31.0 Å². The monoisotopic (exact) mass is 254 g/mol. The number of halogens is 1. The maximum Gasteiger partial charge on any atom is 0.253 e. The highest BCUT2D eigenvalue weighted by Crippen LogP contribution is 2.15. The molecule has 0 radical (unpaired) electrons. The van der Waals surface area contributed by atoms with Crippen LogP contribution in [0.5, 0.6) is 0 Å². The molecule has 0 heterocycles. The molecule has 0 aromatic heterocycles. The first-order chi connectivity index (χ1) is 8.41. The summed E-state index contributed by atoms with van der Waals surface area (Å²) < 4.78 is 13.0. The van der Waals surface area contributed by atoms with Crippen LogP contribution in [-0.2, 0) is 0 Å². The highest BCUT2D eigenvalue weighted by atomic mass is 19.1. The van der Waals surface area contributed by atoms with Crippen LogP contribution in [0.4, 0.5) is 10.1 Å². The number of carbonyl (C=O) groups excluding carboxylic acids is 1. The van der Waals surface area contributed by atoms with Gasteiger partial charge in [0.1, 0.15) is 5.82 Å². The molecular formula is C13H19FN2O2. The number of nitrogens with two attached hydrogens (primary N) is 1. The predicted octanol–water partition coefficient (Wildman–Crippen LogP) is 1.69. The number of nitrogens with one attached hydrogen (secondary N) is 1. The minimum absolute atomic E-state index is 0.0876. The van der Waals surface area contributed by atoms with Crippen molar-refractivity contribution >= 4 is 11.6 Å². The van der Waals surface area contributed by atoms with Gasteiger partial charge in [0, 0.05) is 12.2 Å². The Bertz CT molecular complexity index is 431. The Morgan fingerprint density at radius 2 is 2.06 bits per heavy atom. The summed E-state index contributed by atoms with van der Waals surface area (Å²) in [7, 11) is 0. The quantitative estimate of drug-likeness (QED) is 0.700. The van der Waals surface area contributed by atoms with E-state index in [9.17, 15) is 14.3 Å². The first-order valence-electron chi connectivity index (χ1n) is 5.97. The molecule has 18 heavy (non-hydrogen) atoms. The second kappa shape index (κ2) is 5.82. The summed E-state index contributed by atoms with van der Waals surface area (Å²) in [5.74, 6) is -0.997. The number of amides is 1. The SMILES string of the molecule is CCC(O)(CC)CNC(=O)c1cc(F)ccc1N. The maximum absolute atomic E-state index is 13.0. The topological polar surface area (TPSA) is 75.3 Å². The maximum atomic E-state index is 13.0. The summed E-state index contributed by atoms with van der Waals surface area (Å²) in [4.78, 5) is 11.8. The van der Waals surface area contributed by atoms with Crippen molar-refractivity contribution in [3.8, 4) is 0 Å². The second-order valence-corrected chi connectivity index (χ2v) is 4.35. The molecule has 100 valence electrons. The van der Waals surface area contributed by atoms with Crippen LogP contribution in [-0.4, -0.2) is 23.2 Å². The number of anilines is 1. The van der Waals surface area contributed by atoms with Gasteiger partial charge in [-0.25, -0.2) is 4.39 Å². The van der Waals surface area contributed by atoms with Gasteiger partial charge in [0.2, 0.25) is 0 Å². The van der Waals surface area contributed by atoms with Gasteiger partial charge in [-0.1, -0.05) is 13.8 Å². The van der Waals surface area contributed by atoms with E-state index in [1.165, 1.54) is 12.1 Å². The van der Waals surface area contributed by atoms with E-state index in [1.54, 1.807) is 0 Å². The summed E-state index contributed by atoms with van der Waals surface area (Å²) in [5.41, 5.74) is 4.97. The van der Waals surface area contributed by atoms with Crippen molar-refractivity contribution < 1.29 is 14.3 Å². The smallest absolute Gasteiger partial charge is 0.253 e. The molecule has 0 atom stereocenters. The molecule has 0 unspecified atom stereocenters. The zero-order valence-electron chi connectivity index (χ0n) is 10.7. The van der Waals surface area contributed by atoms with Gasteiger partial charge in [0.15, 0.2) is 0 Å². The number of nitrogen functional groups attached to an aromatic ring is 1. The first-order valence-corrected chi connectivity index (χ1v) is 5.97. The third-order valence-corrected chi connectivity index (χ3v) is 3.15. The van der Waals surface area contributed by atoms with Crippen molar-refractivity contribution in [3.63, 3.8) is 0 Å². The Kier molecular flexibility index (Phi) is 4.67. The molecule has 0 aliphatic rings. The van der Waals surface area contributed by atoms with Crippen LogP contribution in [0.3, 0.4) is 0 Å². The van der Waals surface area contributed by atoms with E-state index >= 15 is 0 Å². The molecule has 0 spiro atoms. The molecule has 0 saturated carbocycles. The number of rotatable bonds is 5. The molecule has 5 heteroatoms. The molecule has 4 N–H and O–H groups in total. The zero-order valence-corrected chi connectivity index (χ0v) is 10.7. The molecule has 0 saturated heterocycles. The van der Waals surface area contributed by atoms with Crippen LogP contribution >= 0.6 is 0 Å². The lowest BCUT2D eigenvalue weighted by atomic mass is 9.97. The Balaban J connectivity index is 2.74. The normalized spacial score (nSPS) is 11.3. The Morgan fingerprint density at radius 3 is 2.61 bits per heavy atom. The van der Waals surface area contributed by atoms with Gasteiger partial charge >= 0.3 is 0 Å². The predicted molar refractivity (Wildman–Crippen MR) is 68.7 cm³/mol. The van der Waals surface area contributed by atoms with Crippen LogP contribution in [0.1, 0.15) is 37.0 Å². The second-order valence-electron chi connectivity index (χ2n) is 4.35. The van der Waals surface area contributed by atoms with E-state index in [0.29, 0.717) is 12.8 Å². The van der Waals surface area contributed by atoms with E-state index in [4.69, 9.17) is 5.73 Å². The first kappa shape index (κ1) is 14.4. The highest BCUT2D eigenvalue weighted by molar-refractivity contribution is 5.99. The lowest BCUT2D eigenvalue weighted by molar-refractivity contribution is 0.0314. The van der Waals surface area contributed by atoms with E-state index in [-0.39, 0.29) is 17.8 Å². The fourth-order valence-corrected chi connectivity index (χ4v) is 1.57. The van der Waals surface area contributed by atoms with Crippen molar-refractivity contribution in [1.82, 2.24) is 5.32 Å². The van der Waals surface area contributed by atoms with Crippen molar-refractivity contribution in [3.05, 3.63) is 29.6 Å². The summed E-state index contributed by atoms with van der Waals surface area (Å²) in [5, 5.41) is 12.6. The van der Waals surface area contributed by atoms with E-state index < -0.39 is 17.3 Å². The summed E-state index contributed by atoms with van der Waals surface area (Å²) in [6.45, 7) is 3.80. The largest absolute Gasteiger partial charge is 0.398 e. The fraction of sp³-hybridized carbons (Fsp3) is 0.462. The number of hydrogen-bond acceptors (Lipinski definition) is 3. The van der Waals surface area contributed by atoms with Crippen LogP contribution in [0.25, 0.3) is 0 Å². The van der Waals surface area contributed by atoms with Crippen LogP contribution in [0.15, 0.2) is 18.2 Å². The molecule has 1 aromatic rings. The van der Waals surface area contributed by atoms with Crippen LogP contribution in [0.2, 0.25) is 0 Å². The van der Waals surface area contributed by atoms with Gasteiger partial charge in [-0.2, -0.15) is 0 Å². The van der Waals surface area contributed by atoms with Gasteiger partial charge in [0.25, 0.3) is 5.91 Å². The molecule has 1 rings (SSSR count). The third-order valence-electron chi connectivity index (χ3n) is 3.15. The van der Waals surface area contributed by atoms with E-state index in [1.807, 2.05) is 13.8 Å². The fourth-order valence-electron chi connectivity index (χ4n) is 1.57. The van der Waals surface area contributed by atoms with Crippen molar-refractivity contribution in [2.45, 2.75) is 32.3 Å². The van der Waals surface area contributed by atoms with Gasteiger partial charge < -0.3 is 16.2 Å². The molecule has 0 fully saturated rings. The molecule has 1 amide bonds. The summed E-state index contributed by atoms with van der Waals surface area (Å²) in [6, 6.07) is 3.62. The zero-order chi connectivity index (χ0) is 13.8. The molecule has 0 bridgehead atoms. The lowest BCUT2D eigenvalue weighted by Gasteiger charge is -2.25. The van der Waals surface area contributed by atoms with Crippen molar-refractivity contribution in [1.29, 1.82) is 0 Å². The minimum Gasteiger partial charge on any atom is -0.398 e. The third kappa shape index (κ3) is 3.43. The van der Waals surface area contributed by atoms with Gasteiger partial charge in [-0.3, -0.25) is 4.79 Å². The molecule has 0 aliphatic carbocycles. The van der Waals surface area contributed by atoms with Crippen molar-refractivity contribution in [2.75, 3.05) is 12.3 Å². The number of hydrogen-bond donors (Lipinski definition) is 3. The van der Waals surface area contributed by atoms with Gasteiger partial charge in [-0.15, -0.1) is 0 Å². The average molecular weight is 254 g/mol. The van der Waals surface area contributed by atoms with Crippen molar-refractivity contribution in [2.24, 2.45) is 0 Å². The molecule has 0 aliphatic heterocycles. The molecular weight excluding hydrogens is 235 g/mol. The van der Waals surface area contributed by atoms with E-state index in [0.717, 1.165) is 6.07 Å². The standard InChI is InChI=1S/C13H19FN2O2/c1-3-13(18,4-2)8-16-12(17)10-7-9(14)5-6-11(10)15/h5-7,18H,3-4,8,15H2,1-2H3,(H,16,17). The highest BCUT2D eigenvalue weighted by Gasteiger charge is 2.23. The Morgan fingerprint density at radius 1 is 1.44 bits per heavy atom. The Hall–Kier alpha value is -1.62. The summed E-state index contributed by atoms with van der Waals surface area (Å²) in [6.07, 6.45) is 1.06. The van der Waals surface area contributed by atoms with E-state index in [2.05, 4.69) is 5.32 Å². The average Bonchev–Trinajstić information content (AvgIpc) is 2.38. The van der Waals surface area contributed by atoms with Gasteiger partial charge in [0.05, 0.1) is 11.2 Å². The number of aliphatic hydroxyl groups is 1. The molecule has 1 aromatic carbocycles. The number of carbonyl (C=O) groups is 1. The summed E-state index contributed by atoms with van der Waals surface area (Å²) >= 11 is 0. The van der Waals surface area contributed by atoms with Crippen LogP contribution < -0.4 is 11.1 Å². The number of benzene rings is 1. The van der Waals surface area contributed by atoms with Crippen LogP contribution in [0, 0.1) is 5.82 Å². The molecule has 4 nitrogen and oxygen atoms in total. The Labute approximate surface area is 106 Å². The lowest BCUT2D eigenvalue weighted by Crippen LogP contribution is -2.42.